The molecule has 2 aromatic carbocycles. The van der Waals surface area contributed by atoms with E-state index in [1.165, 1.54) is 24.3 Å². The standard InChI is InChI=1S/C19H15F3N4O3/c20-19(21,22)13-8-4-5-9-14(13)24-25-17(27)11-23-18(28)15-10-16(29-26-15)12-6-2-1-3-7-12/h1-10,24H,11H2,(H,23,28)(H,25,27). The fraction of sp³-hybridized carbons (Fsp3) is 0.105. The van der Waals surface area contributed by atoms with Crippen molar-refractivity contribution in [1.29, 1.82) is 0 Å². The number of benzene rings is 2. The molecule has 0 fully saturated rings. The van der Waals surface area contributed by atoms with E-state index in [1.807, 2.05) is 6.07 Å². The summed E-state index contributed by atoms with van der Waals surface area (Å²) in [5.41, 5.74) is 3.75. The number of carbonyl (C=O) groups is 2. The number of halogens is 3. The first-order valence-electron chi connectivity index (χ1n) is 8.36. The molecule has 0 aliphatic carbocycles. The number of nitrogens with one attached hydrogen (secondary N) is 3. The highest BCUT2D eigenvalue weighted by atomic mass is 19.4. The van der Waals surface area contributed by atoms with Crippen LogP contribution in [0.15, 0.2) is 65.2 Å². The van der Waals surface area contributed by atoms with Gasteiger partial charge in [-0.05, 0) is 12.1 Å². The van der Waals surface area contributed by atoms with Gasteiger partial charge in [0.05, 0.1) is 17.8 Å². The van der Waals surface area contributed by atoms with Gasteiger partial charge in [0.1, 0.15) is 0 Å². The Morgan fingerprint density at radius 2 is 1.69 bits per heavy atom. The number of amides is 2. The number of para-hydroxylation sites is 1. The summed E-state index contributed by atoms with van der Waals surface area (Å²) in [4.78, 5) is 23.9. The lowest BCUT2D eigenvalue weighted by Crippen LogP contribution is -2.39. The lowest BCUT2D eigenvalue weighted by Gasteiger charge is -2.14. The number of aromatic nitrogens is 1. The molecule has 3 aromatic rings. The molecule has 0 saturated heterocycles. The predicted octanol–water partition coefficient (Wildman–Crippen LogP) is 3.23. The normalized spacial score (nSPS) is 11.0. The van der Waals surface area contributed by atoms with Gasteiger partial charge in [-0.3, -0.25) is 20.4 Å². The van der Waals surface area contributed by atoms with Gasteiger partial charge in [-0.15, -0.1) is 0 Å². The molecule has 7 nitrogen and oxygen atoms in total. The Morgan fingerprint density at radius 3 is 2.41 bits per heavy atom. The Kier molecular flexibility index (Phi) is 5.82. The monoisotopic (exact) mass is 404 g/mol. The van der Waals surface area contributed by atoms with Crippen LogP contribution in [0.5, 0.6) is 0 Å². The van der Waals surface area contributed by atoms with E-state index in [4.69, 9.17) is 4.52 Å². The minimum atomic E-state index is -4.58. The summed E-state index contributed by atoms with van der Waals surface area (Å²) < 4.78 is 43.8. The van der Waals surface area contributed by atoms with E-state index in [-0.39, 0.29) is 11.4 Å². The van der Waals surface area contributed by atoms with Crippen molar-refractivity contribution in [3.63, 3.8) is 0 Å². The van der Waals surface area contributed by atoms with Crippen LogP contribution in [0.4, 0.5) is 18.9 Å². The molecule has 0 spiro atoms. The molecule has 0 saturated carbocycles. The van der Waals surface area contributed by atoms with Crippen molar-refractivity contribution in [1.82, 2.24) is 15.9 Å². The molecule has 0 atom stereocenters. The van der Waals surface area contributed by atoms with Gasteiger partial charge in [-0.1, -0.05) is 47.6 Å². The van der Waals surface area contributed by atoms with Crippen LogP contribution in [0.3, 0.4) is 0 Å². The zero-order valence-electron chi connectivity index (χ0n) is 14.8. The Morgan fingerprint density at radius 1 is 1.00 bits per heavy atom. The van der Waals surface area contributed by atoms with Gasteiger partial charge in [0.2, 0.25) is 0 Å². The predicted molar refractivity (Wildman–Crippen MR) is 97.5 cm³/mol. The van der Waals surface area contributed by atoms with E-state index < -0.39 is 30.1 Å². The van der Waals surface area contributed by atoms with Gasteiger partial charge in [-0.25, -0.2) is 0 Å². The van der Waals surface area contributed by atoms with Crippen LogP contribution >= 0.6 is 0 Å². The molecule has 0 aliphatic heterocycles. The maximum absolute atomic E-state index is 12.9. The zero-order chi connectivity index (χ0) is 20.9. The summed E-state index contributed by atoms with van der Waals surface area (Å²) in [6, 6.07) is 15.1. The number of carbonyl (C=O) groups excluding carboxylic acids is 2. The molecule has 2 amide bonds. The van der Waals surface area contributed by atoms with Crippen molar-refractivity contribution in [2.75, 3.05) is 12.0 Å². The summed E-state index contributed by atoms with van der Waals surface area (Å²) in [7, 11) is 0. The van der Waals surface area contributed by atoms with Crippen LogP contribution in [0.1, 0.15) is 16.1 Å². The second-order valence-corrected chi connectivity index (χ2v) is 5.84. The van der Waals surface area contributed by atoms with Crippen LogP contribution in [0.2, 0.25) is 0 Å². The first kappa shape index (κ1) is 19.9. The van der Waals surface area contributed by atoms with Crippen molar-refractivity contribution < 1.29 is 27.3 Å². The molecule has 3 rings (SSSR count). The molecule has 3 N–H and O–H groups in total. The average Bonchev–Trinajstić information content (AvgIpc) is 3.21. The lowest BCUT2D eigenvalue weighted by molar-refractivity contribution is -0.137. The van der Waals surface area contributed by atoms with E-state index in [0.717, 1.165) is 11.6 Å². The molecule has 29 heavy (non-hydrogen) atoms. The van der Waals surface area contributed by atoms with Crippen LogP contribution < -0.4 is 16.2 Å². The number of alkyl halides is 3. The Hall–Kier alpha value is -3.82. The third-order valence-corrected chi connectivity index (χ3v) is 3.78. The summed E-state index contributed by atoms with van der Waals surface area (Å²) >= 11 is 0. The molecular weight excluding hydrogens is 389 g/mol. The SMILES string of the molecule is O=C(CNC(=O)c1cc(-c2ccccc2)on1)NNc1ccccc1C(F)(F)F. The highest BCUT2D eigenvalue weighted by Crippen LogP contribution is 2.34. The largest absolute Gasteiger partial charge is 0.418 e. The van der Waals surface area contributed by atoms with E-state index in [0.29, 0.717) is 5.76 Å². The number of rotatable bonds is 6. The fourth-order valence-electron chi connectivity index (χ4n) is 2.39. The maximum Gasteiger partial charge on any atom is 0.418 e. The van der Waals surface area contributed by atoms with Gasteiger partial charge >= 0.3 is 6.18 Å². The third-order valence-electron chi connectivity index (χ3n) is 3.78. The zero-order valence-corrected chi connectivity index (χ0v) is 14.8. The fourth-order valence-corrected chi connectivity index (χ4v) is 2.39. The maximum atomic E-state index is 12.9. The van der Waals surface area contributed by atoms with Gasteiger partial charge in [-0.2, -0.15) is 13.2 Å². The number of nitrogens with zero attached hydrogens (tertiary/aromatic N) is 1. The minimum Gasteiger partial charge on any atom is -0.355 e. The summed E-state index contributed by atoms with van der Waals surface area (Å²) in [5.74, 6) is -1.03. The van der Waals surface area contributed by atoms with E-state index in [9.17, 15) is 22.8 Å². The van der Waals surface area contributed by atoms with Crippen LogP contribution in [-0.4, -0.2) is 23.5 Å². The average molecular weight is 404 g/mol. The highest BCUT2D eigenvalue weighted by Gasteiger charge is 2.33. The second-order valence-electron chi connectivity index (χ2n) is 5.84. The van der Waals surface area contributed by atoms with E-state index in [2.05, 4.69) is 21.3 Å². The van der Waals surface area contributed by atoms with Crippen molar-refractivity contribution in [3.8, 4) is 11.3 Å². The molecule has 150 valence electrons. The van der Waals surface area contributed by atoms with Gasteiger partial charge in [0.25, 0.3) is 11.8 Å². The summed E-state index contributed by atoms with van der Waals surface area (Å²) in [6.07, 6.45) is -4.58. The molecular formula is C19H15F3N4O3. The molecule has 0 aliphatic rings. The van der Waals surface area contributed by atoms with Crippen LogP contribution in [0, 0.1) is 0 Å². The topological polar surface area (TPSA) is 96.3 Å². The molecule has 0 bridgehead atoms. The van der Waals surface area contributed by atoms with Gasteiger partial charge < -0.3 is 9.84 Å². The second kappa shape index (κ2) is 8.46. The van der Waals surface area contributed by atoms with E-state index >= 15 is 0 Å². The van der Waals surface area contributed by atoms with E-state index in [1.54, 1.807) is 24.3 Å². The molecule has 0 radical (unpaired) electrons. The van der Waals surface area contributed by atoms with Crippen molar-refractivity contribution in [2.24, 2.45) is 0 Å². The number of hydrazine groups is 1. The smallest absolute Gasteiger partial charge is 0.355 e. The number of hydrogen-bond acceptors (Lipinski definition) is 5. The highest BCUT2D eigenvalue weighted by molar-refractivity contribution is 5.95. The van der Waals surface area contributed by atoms with Crippen molar-refractivity contribution in [2.45, 2.75) is 6.18 Å². The summed E-state index contributed by atoms with van der Waals surface area (Å²) in [5, 5.41) is 5.95. The number of hydrogen-bond donors (Lipinski definition) is 3. The Balaban J connectivity index is 1.53. The lowest BCUT2D eigenvalue weighted by atomic mass is 10.1. The minimum absolute atomic E-state index is 0.0352. The first-order chi connectivity index (χ1) is 13.8. The Bertz CT molecular complexity index is 1000. The van der Waals surface area contributed by atoms with Crippen molar-refractivity contribution >= 4 is 17.5 Å². The third kappa shape index (κ3) is 5.12. The quantitative estimate of drug-likeness (QED) is 0.548. The van der Waals surface area contributed by atoms with Gasteiger partial charge in [0.15, 0.2) is 11.5 Å². The van der Waals surface area contributed by atoms with Gasteiger partial charge in [0, 0.05) is 11.6 Å². The Labute approximate surface area is 162 Å². The van der Waals surface area contributed by atoms with Crippen LogP contribution in [0.25, 0.3) is 11.3 Å². The molecule has 0 unspecified atom stereocenters. The van der Waals surface area contributed by atoms with Crippen LogP contribution in [-0.2, 0) is 11.0 Å². The molecule has 10 heteroatoms. The molecule has 1 aromatic heterocycles. The first-order valence-corrected chi connectivity index (χ1v) is 8.36. The molecule has 1 heterocycles. The number of anilines is 1. The summed E-state index contributed by atoms with van der Waals surface area (Å²) in [6.45, 7) is -0.479. The van der Waals surface area contributed by atoms with Crippen molar-refractivity contribution in [3.05, 3.63) is 71.9 Å².